The van der Waals surface area contributed by atoms with Crippen LogP contribution in [0.15, 0.2) is 48.7 Å². The first-order valence-corrected chi connectivity index (χ1v) is 8.53. The van der Waals surface area contributed by atoms with Gasteiger partial charge in [-0.2, -0.15) is 0 Å². The average molecular weight is 324 g/mol. The smallest absolute Gasteiger partial charge is 0.142 e. The highest BCUT2D eigenvalue weighted by molar-refractivity contribution is 5.83. The fourth-order valence-electron chi connectivity index (χ4n) is 3.38. The maximum atomic E-state index is 13.4. The molecule has 0 amide bonds. The first kappa shape index (κ1) is 15.1. The maximum absolute atomic E-state index is 13.4. The Morgan fingerprint density at radius 2 is 2.04 bits per heavy atom. The second-order valence-corrected chi connectivity index (χ2v) is 6.40. The topological polar surface area (TPSA) is 37.0 Å². The number of H-pyrrole nitrogens is 1. The normalized spacial score (nSPS) is 16.5. The molecule has 2 N–H and O–H groups in total. The number of benzene rings is 2. The van der Waals surface area contributed by atoms with Crippen LogP contribution in [0.1, 0.15) is 24.8 Å². The highest BCUT2D eigenvalue weighted by Crippen LogP contribution is 2.29. The molecule has 4 heteroatoms. The minimum atomic E-state index is -0.175. The van der Waals surface area contributed by atoms with Crippen molar-refractivity contribution in [3.05, 3.63) is 60.0 Å². The molecule has 1 aliphatic rings. The molecule has 1 unspecified atom stereocenters. The monoisotopic (exact) mass is 324 g/mol. The highest BCUT2D eigenvalue weighted by atomic mass is 19.1. The fourth-order valence-corrected chi connectivity index (χ4v) is 3.38. The molecule has 2 aromatic carbocycles. The summed E-state index contributed by atoms with van der Waals surface area (Å²) in [5.74, 6) is 0.764. The molecule has 0 saturated heterocycles. The van der Waals surface area contributed by atoms with E-state index in [1.807, 2.05) is 24.4 Å². The van der Waals surface area contributed by atoms with E-state index in [2.05, 4.69) is 16.4 Å². The number of fused-ring (bicyclic) bond motifs is 2. The molecule has 3 nitrogen and oxygen atoms in total. The summed E-state index contributed by atoms with van der Waals surface area (Å²) in [6.45, 7) is 0.718. The van der Waals surface area contributed by atoms with Crippen molar-refractivity contribution >= 4 is 16.6 Å². The number of halogens is 1. The number of nitrogens with one attached hydrogen (secondary N) is 2. The molecule has 2 heterocycles. The van der Waals surface area contributed by atoms with Crippen LogP contribution in [0.2, 0.25) is 0 Å². The zero-order chi connectivity index (χ0) is 16.4. The van der Waals surface area contributed by atoms with Crippen molar-refractivity contribution in [3.8, 4) is 5.75 Å². The molecule has 0 radical (unpaired) electrons. The van der Waals surface area contributed by atoms with Gasteiger partial charge in [0, 0.05) is 17.1 Å². The Morgan fingerprint density at radius 1 is 1.12 bits per heavy atom. The maximum Gasteiger partial charge on any atom is 0.142 e. The van der Waals surface area contributed by atoms with E-state index in [-0.39, 0.29) is 5.82 Å². The van der Waals surface area contributed by atoms with Crippen LogP contribution in [0.25, 0.3) is 10.9 Å². The molecule has 0 spiro atoms. The molecule has 4 rings (SSSR count). The molecule has 0 fully saturated rings. The number of hydrogen-bond donors (Lipinski definition) is 2. The van der Waals surface area contributed by atoms with E-state index in [0.717, 1.165) is 54.6 Å². The molecule has 1 atom stereocenters. The Hall–Kier alpha value is -2.49. The summed E-state index contributed by atoms with van der Waals surface area (Å²) in [4.78, 5) is 3.22. The van der Waals surface area contributed by atoms with Crippen molar-refractivity contribution in [1.29, 1.82) is 0 Å². The van der Waals surface area contributed by atoms with E-state index in [9.17, 15) is 4.39 Å². The number of aromatic amines is 1. The average Bonchev–Trinajstić information content (AvgIpc) is 3.01. The van der Waals surface area contributed by atoms with Gasteiger partial charge in [-0.05, 0) is 55.2 Å². The number of aryl methyl sites for hydroxylation is 1. The minimum Gasteiger partial charge on any atom is -0.489 e. The Bertz CT molecular complexity index is 843. The Morgan fingerprint density at radius 3 is 3.00 bits per heavy atom. The lowest BCUT2D eigenvalue weighted by Gasteiger charge is -2.27. The Labute approximate surface area is 140 Å². The number of aromatic nitrogens is 1. The summed E-state index contributed by atoms with van der Waals surface area (Å²) in [6, 6.07) is 13.3. The van der Waals surface area contributed by atoms with Crippen LogP contribution in [-0.2, 0) is 6.42 Å². The van der Waals surface area contributed by atoms with E-state index >= 15 is 0 Å². The third-order valence-electron chi connectivity index (χ3n) is 4.66. The Balaban J connectivity index is 1.30. The Kier molecular flexibility index (Phi) is 4.11. The molecular formula is C20H21FN2O. The van der Waals surface area contributed by atoms with Crippen LogP contribution >= 0.6 is 0 Å². The summed E-state index contributed by atoms with van der Waals surface area (Å²) >= 11 is 0. The van der Waals surface area contributed by atoms with Crippen LogP contribution in [0.4, 0.5) is 10.1 Å². The quantitative estimate of drug-likeness (QED) is 0.655. The largest absolute Gasteiger partial charge is 0.489 e. The van der Waals surface area contributed by atoms with Gasteiger partial charge in [-0.1, -0.05) is 18.6 Å². The van der Waals surface area contributed by atoms with Crippen LogP contribution in [0.5, 0.6) is 5.75 Å². The van der Waals surface area contributed by atoms with Crippen molar-refractivity contribution < 1.29 is 9.13 Å². The lowest BCUT2D eigenvalue weighted by molar-refractivity contribution is 0.276. The van der Waals surface area contributed by atoms with Gasteiger partial charge in [0.1, 0.15) is 18.2 Å². The SMILES string of the molecule is Fc1ccc2[nH]cc(CCCCC3COc4ccccc4N3)c2c1. The van der Waals surface area contributed by atoms with Gasteiger partial charge in [-0.15, -0.1) is 0 Å². The predicted octanol–water partition coefficient (Wildman–Crippen LogP) is 4.89. The van der Waals surface area contributed by atoms with Gasteiger partial charge < -0.3 is 15.0 Å². The standard InChI is InChI=1S/C20H21FN2O/c21-15-9-10-18-17(11-15)14(12-22-18)5-1-2-6-16-13-24-20-8-4-3-7-19(20)23-16/h3-4,7-12,16,22-23H,1-2,5-6,13H2. The summed E-state index contributed by atoms with van der Waals surface area (Å²) in [6.07, 6.45) is 6.25. The molecule has 1 aliphatic heterocycles. The zero-order valence-corrected chi connectivity index (χ0v) is 13.5. The highest BCUT2D eigenvalue weighted by Gasteiger charge is 2.17. The lowest BCUT2D eigenvalue weighted by Crippen LogP contribution is -2.31. The first-order chi connectivity index (χ1) is 11.8. The first-order valence-electron chi connectivity index (χ1n) is 8.53. The van der Waals surface area contributed by atoms with Crippen molar-refractivity contribution in [1.82, 2.24) is 4.98 Å². The molecule has 124 valence electrons. The van der Waals surface area contributed by atoms with Gasteiger partial charge >= 0.3 is 0 Å². The second-order valence-electron chi connectivity index (χ2n) is 6.40. The third-order valence-corrected chi connectivity index (χ3v) is 4.66. The van der Waals surface area contributed by atoms with Crippen LogP contribution in [0, 0.1) is 5.82 Å². The summed E-state index contributed by atoms with van der Waals surface area (Å²) < 4.78 is 19.2. The van der Waals surface area contributed by atoms with E-state index < -0.39 is 0 Å². The summed E-state index contributed by atoms with van der Waals surface area (Å²) in [5.41, 5.74) is 3.29. The summed E-state index contributed by atoms with van der Waals surface area (Å²) in [5, 5.41) is 4.55. The number of anilines is 1. The van der Waals surface area contributed by atoms with Gasteiger partial charge in [0.25, 0.3) is 0 Å². The van der Waals surface area contributed by atoms with Gasteiger partial charge in [0.2, 0.25) is 0 Å². The van der Waals surface area contributed by atoms with Gasteiger partial charge in [0.15, 0.2) is 0 Å². The predicted molar refractivity (Wildman–Crippen MR) is 95.2 cm³/mol. The number of ether oxygens (including phenoxy) is 1. The fraction of sp³-hybridized carbons (Fsp3) is 0.300. The lowest BCUT2D eigenvalue weighted by atomic mass is 10.0. The van der Waals surface area contributed by atoms with Gasteiger partial charge in [0.05, 0.1) is 11.7 Å². The number of para-hydroxylation sites is 2. The third kappa shape index (κ3) is 3.09. The van der Waals surface area contributed by atoms with Gasteiger partial charge in [-0.25, -0.2) is 4.39 Å². The van der Waals surface area contributed by atoms with Crippen molar-refractivity contribution in [2.24, 2.45) is 0 Å². The molecule has 24 heavy (non-hydrogen) atoms. The van der Waals surface area contributed by atoms with Crippen molar-refractivity contribution in [3.63, 3.8) is 0 Å². The molecule has 0 aliphatic carbocycles. The number of rotatable bonds is 5. The molecule has 1 aromatic heterocycles. The number of hydrogen-bond acceptors (Lipinski definition) is 2. The zero-order valence-electron chi connectivity index (χ0n) is 13.5. The van der Waals surface area contributed by atoms with E-state index in [1.165, 1.54) is 11.6 Å². The van der Waals surface area contributed by atoms with Crippen LogP contribution in [-0.4, -0.2) is 17.6 Å². The minimum absolute atomic E-state index is 0.175. The van der Waals surface area contributed by atoms with Crippen molar-refractivity contribution in [2.75, 3.05) is 11.9 Å². The summed E-state index contributed by atoms with van der Waals surface area (Å²) in [7, 11) is 0. The van der Waals surface area contributed by atoms with Crippen LogP contribution in [0.3, 0.4) is 0 Å². The molecule has 3 aromatic rings. The van der Waals surface area contributed by atoms with E-state index in [0.29, 0.717) is 6.04 Å². The molecule has 0 saturated carbocycles. The number of unbranched alkanes of at least 4 members (excludes halogenated alkanes) is 1. The second kappa shape index (κ2) is 6.56. The van der Waals surface area contributed by atoms with Crippen LogP contribution < -0.4 is 10.1 Å². The van der Waals surface area contributed by atoms with E-state index in [4.69, 9.17) is 4.74 Å². The molecular weight excluding hydrogens is 303 g/mol. The van der Waals surface area contributed by atoms with Crippen molar-refractivity contribution in [2.45, 2.75) is 31.7 Å². The van der Waals surface area contributed by atoms with E-state index in [1.54, 1.807) is 12.1 Å². The van der Waals surface area contributed by atoms with Gasteiger partial charge in [-0.3, -0.25) is 0 Å². The molecule has 0 bridgehead atoms.